The lowest BCUT2D eigenvalue weighted by molar-refractivity contribution is -0.0425. The summed E-state index contributed by atoms with van der Waals surface area (Å²) in [7, 11) is 0. The second kappa shape index (κ2) is 6.16. The topological polar surface area (TPSA) is 77.8 Å². The van der Waals surface area contributed by atoms with Crippen molar-refractivity contribution in [3.8, 4) is 0 Å². The van der Waals surface area contributed by atoms with Gasteiger partial charge in [-0.2, -0.15) is 0 Å². The fraction of sp³-hybridized carbons (Fsp3) is 0.364. The normalized spacial score (nSPS) is 9.47. The van der Waals surface area contributed by atoms with Gasteiger partial charge in [0.15, 0.2) is 6.29 Å². The van der Waals surface area contributed by atoms with Crippen LogP contribution in [0.2, 0.25) is 0 Å². The molecular formula is C11H16O4. The maximum Gasteiger partial charge on any atom is 0.335 e. The van der Waals surface area contributed by atoms with Crippen LogP contribution >= 0.6 is 0 Å². The van der Waals surface area contributed by atoms with Gasteiger partial charge in [0.05, 0.1) is 5.56 Å². The summed E-state index contributed by atoms with van der Waals surface area (Å²) in [4.78, 5) is 10.6. The SMILES string of the molecule is CC.Cc1cc(C(O)O)ccc1C(=O)O. The Labute approximate surface area is 88.8 Å². The van der Waals surface area contributed by atoms with E-state index in [1.807, 2.05) is 13.8 Å². The predicted molar refractivity (Wildman–Crippen MR) is 56.7 cm³/mol. The number of aliphatic hydroxyl groups is 2. The standard InChI is InChI=1S/C9H10O4.C2H6/c1-5-4-6(8(10)11)2-3-7(5)9(12)13;1-2/h2-4,8,10-11H,1H3,(H,12,13);1-2H3. The van der Waals surface area contributed by atoms with Crippen LogP contribution in [0.25, 0.3) is 0 Å². The summed E-state index contributed by atoms with van der Waals surface area (Å²) < 4.78 is 0. The summed E-state index contributed by atoms with van der Waals surface area (Å²) in [6.07, 6.45) is -1.55. The van der Waals surface area contributed by atoms with Crippen molar-refractivity contribution in [3.63, 3.8) is 0 Å². The number of aryl methyl sites for hydroxylation is 1. The summed E-state index contributed by atoms with van der Waals surface area (Å²) in [6, 6.07) is 4.17. The first-order valence-electron chi connectivity index (χ1n) is 4.72. The van der Waals surface area contributed by atoms with E-state index in [0.29, 0.717) is 11.1 Å². The molecule has 15 heavy (non-hydrogen) atoms. The van der Waals surface area contributed by atoms with Gasteiger partial charge in [-0.15, -0.1) is 0 Å². The predicted octanol–water partition coefficient (Wildman–Crippen LogP) is 1.70. The first-order valence-corrected chi connectivity index (χ1v) is 4.72. The minimum absolute atomic E-state index is 0.171. The van der Waals surface area contributed by atoms with E-state index in [2.05, 4.69) is 0 Å². The molecule has 0 amide bonds. The van der Waals surface area contributed by atoms with Gasteiger partial charge in [-0.05, 0) is 18.6 Å². The van der Waals surface area contributed by atoms with Crippen LogP contribution in [-0.4, -0.2) is 21.3 Å². The van der Waals surface area contributed by atoms with Crippen molar-refractivity contribution in [1.82, 2.24) is 0 Å². The van der Waals surface area contributed by atoms with Crippen LogP contribution < -0.4 is 0 Å². The van der Waals surface area contributed by atoms with Crippen LogP contribution in [0.3, 0.4) is 0 Å². The van der Waals surface area contributed by atoms with Gasteiger partial charge in [0.25, 0.3) is 0 Å². The molecule has 0 aliphatic carbocycles. The Morgan fingerprint density at radius 1 is 1.27 bits per heavy atom. The van der Waals surface area contributed by atoms with Gasteiger partial charge in [-0.25, -0.2) is 4.79 Å². The second-order valence-electron chi connectivity index (χ2n) is 2.75. The lowest BCUT2D eigenvalue weighted by atomic mass is 10.1. The Bertz CT molecular complexity index is 331. The van der Waals surface area contributed by atoms with E-state index in [1.54, 1.807) is 6.92 Å². The average Bonchev–Trinajstić information content (AvgIpc) is 2.20. The van der Waals surface area contributed by atoms with Gasteiger partial charge in [0.1, 0.15) is 0 Å². The summed E-state index contributed by atoms with van der Waals surface area (Å²) in [6.45, 7) is 5.61. The van der Waals surface area contributed by atoms with E-state index >= 15 is 0 Å². The summed E-state index contributed by atoms with van der Waals surface area (Å²) in [5.41, 5.74) is 0.977. The van der Waals surface area contributed by atoms with Crippen molar-refractivity contribution in [1.29, 1.82) is 0 Å². The van der Waals surface area contributed by atoms with E-state index in [1.165, 1.54) is 18.2 Å². The lowest BCUT2D eigenvalue weighted by Crippen LogP contribution is -2.02. The summed E-state index contributed by atoms with van der Waals surface area (Å²) in [5.74, 6) is -1.02. The smallest absolute Gasteiger partial charge is 0.335 e. The third-order valence-electron chi connectivity index (χ3n) is 1.78. The number of hydrogen-bond donors (Lipinski definition) is 3. The number of hydrogen-bond acceptors (Lipinski definition) is 3. The van der Waals surface area contributed by atoms with Crippen molar-refractivity contribution < 1.29 is 20.1 Å². The van der Waals surface area contributed by atoms with Crippen LogP contribution in [0.15, 0.2) is 18.2 Å². The van der Waals surface area contributed by atoms with E-state index in [4.69, 9.17) is 15.3 Å². The highest BCUT2D eigenvalue weighted by Crippen LogP contribution is 2.15. The molecule has 1 aromatic rings. The molecule has 0 aromatic heterocycles. The molecule has 3 N–H and O–H groups in total. The van der Waals surface area contributed by atoms with Crippen molar-refractivity contribution in [2.24, 2.45) is 0 Å². The largest absolute Gasteiger partial charge is 0.478 e. The number of carboxylic acids is 1. The van der Waals surface area contributed by atoms with E-state index in [0.717, 1.165) is 0 Å². The molecule has 0 fully saturated rings. The van der Waals surface area contributed by atoms with Crippen molar-refractivity contribution in [2.45, 2.75) is 27.1 Å². The molecule has 0 aliphatic rings. The molecule has 4 heteroatoms. The number of benzene rings is 1. The van der Waals surface area contributed by atoms with Crippen LogP contribution in [0.4, 0.5) is 0 Å². The van der Waals surface area contributed by atoms with Crippen molar-refractivity contribution in [3.05, 3.63) is 34.9 Å². The van der Waals surface area contributed by atoms with Gasteiger partial charge in [-0.1, -0.05) is 26.0 Å². The minimum Gasteiger partial charge on any atom is -0.478 e. The first-order chi connectivity index (χ1) is 7.02. The van der Waals surface area contributed by atoms with E-state index < -0.39 is 12.3 Å². The minimum atomic E-state index is -1.55. The van der Waals surface area contributed by atoms with Crippen LogP contribution in [0.5, 0.6) is 0 Å². The molecule has 4 nitrogen and oxygen atoms in total. The van der Waals surface area contributed by atoms with Gasteiger partial charge in [0.2, 0.25) is 0 Å². The molecule has 0 heterocycles. The molecule has 1 rings (SSSR count). The highest BCUT2D eigenvalue weighted by Gasteiger charge is 2.09. The molecule has 0 unspecified atom stereocenters. The molecule has 0 spiro atoms. The molecule has 0 atom stereocenters. The zero-order chi connectivity index (χ0) is 12.0. The monoisotopic (exact) mass is 212 g/mol. The van der Waals surface area contributed by atoms with E-state index in [-0.39, 0.29) is 5.56 Å². The highest BCUT2D eigenvalue weighted by molar-refractivity contribution is 5.89. The highest BCUT2D eigenvalue weighted by atomic mass is 16.5. The number of aromatic carboxylic acids is 1. The van der Waals surface area contributed by atoms with Crippen molar-refractivity contribution in [2.75, 3.05) is 0 Å². The quantitative estimate of drug-likeness (QED) is 0.652. The molecule has 1 aromatic carbocycles. The lowest BCUT2D eigenvalue weighted by Gasteiger charge is -2.06. The molecule has 0 saturated carbocycles. The maximum absolute atomic E-state index is 10.6. The number of rotatable bonds is 2. The van der Waals surface area contributed by atoms with Gasteiger partial charge < -0.3 is 15.3 Å². The molecule has 84 valence electrons. The summed E-state index contributed by atoms with van der Waals surface area (Å²) in [5, 5.41) is 26.2. The third kappa shape index (κ3) is 3.69. The zero-order valence-electron chi connectivity index (χ0n) is 9.06. The molecule has 0 bridgehead atoms. The van der Waals surface area contributed by atoms with Gasteiger partial charge in [0, 0.05) is 5.56 Å². The Balaban J connectivity index is 0.000000921. The van der Waals surface area contributed by atoms with Gasteiger partial charge in [-0.3, -0.25) is 0 Å². The number of carbonyl (C=O) groups is 1. The van der Waals surface area contributed by atoms with Crippen LogP contribution in [-0.2, 0) is 0 Å². The molecule has 0 aliphatic heterocycles. The Kier molecular flexibility index (Phi) is 5.59. The number of aliphatic hydroxyl groups excluding tert-OH is 1. The molecule has 0 saturated heterocycles. The molecule has 0 radical (unpaired) electrons. The van der Waals surface area contributed by atoms with Crippen LogP contribution in [0, 0.1) is 6.92 Å². The first kappa shape index (κ1) is 13.6. The summed E-state index contributed by atoms with van der Waals surface area (Å²) >= 11 is 0. The Hall–Kier alpha value is -1.39. The van der Waals surface area contributed by atoms with Gasteiger partial charge >= 0.3 is 5.97 Å². The number of carboxylic acid groups (broad SMARTS) is 1. The average molecular weight is 212 g/mol. The fourth-order valence-electron chi connectivity index (χ4n) is 1.09. The second-order valence-corrected chi connectivity index (χ2v) is 2.75. The third-order valence-corrected chi connectivity index (χ3v) is 1.78. The maximum atomic E-state index is 10.6. The van der Waals surface area contributed by atoms with Crippen molar-refractivity contribution >= 4 is 5.97 Å². The van der Waals surface area contributed by atoms with Crippen LogP contribution in [0.1, 0.15) is 41.6 Å². The zero-order valence-corrected chi connectivity index (χ0v) is 9.06. The Morgan fingerprint density at radius 2 is 1.80 bits per heavy atom. The van der Waals surface area contributed by atoms with E-state index in [9.17, 15) is 4.79 Å². The fourth-order valence-corrected chi connectivity index (χ4v) is 1.09. The Morgan fingerprint density at radius 3 is 2.13 bits per heavy atom. The molecular weight excluding hydrogens is 196 g/mol.